The average molecular weight is 633 g/mol. The lowest BCUT2D eigenvalue weighted by molar-refractivity contribution is -0.139. The van der Waals surface area contributed by atoms with Crippen LogP contribution in [0.3, 0.4) is 0 Å². The summed E-state index contributed by atoms with van der Waals surface area (Å²) in [6.07, 6.45) is 5.20. The molecule has 5 rings (SSSR count). The van der Waals surface area contributed by atoms with Crippen LogP contribution in [0.15, 0.2) is 89.4 Å². The molecule has 2 heterocycles. The molecule has 0 radical (unpaired) electrons. The molecule has 0 saturated carbocycles. The maximum Gasteiger partial charge on any atom is 0.264 e. The maximum atomic E-state index is 13.9. The second-order valence-electron chi connectivity index (χ2n) is 10.8. The highest BCUT2D eigenvalue weighted by Crippen LogP contribution is 2.46. The lowest BCUT2D eigenvalue weighted by atomic mass is 9.83. The van der Waals surface area contributed by atoms with E-state index in [0.717, 1.165) is 22.9 Å². The zero-order valence-corrected chi connectivity index (χ0v) is 25.0. The van der Waals surface area contributed by atoms with Crippen LogP contribution in [-0.4, -0.2) is 52.0 Å². The zero-order chi connectivity index (χ0) is 29.9. The van der Waals surface area contributed by atoms with Gasteiger partial charge in [0, 0.05) is 40.2 Å². The van der Waals surface area contributed by atoms with Crippen molar-refractivity contribution in [2.24, 2.45) is 5.92 Å². The Morgan fingerprint density at radius 3 is 2.67 bits per heavy atom. The minimum atomic E-state index is -1.83. The van der Waals surface area contributed by atoms with Crippen LogP contribution in [0.25, 0.3) is 0 Å². The largest absolute Gasteiger partial charge is 0.394 e. The van der Waals surface area contributed by atoms with Gasteiger partial charge in [-0.05, 0) is 60.9 Å². The first-order valence-electron chi connectivity index (χ1n) is 14.1. The third-order valence-electron chi connectivity index (χ3n) is 8.08. The molecule has 0 bridgehead atoms. The van der Waals surface area contributed by atoms with Crippen molar-refractivity contribution in [3.8, 4) is 0 Å². The van der Waals surface area contributed by atoms with Gasteiger partial charge in [0.25, 0.3) is 11.8 Å². The Balaban J connectivity index is 1.34. The summed E-state index contributed by atoms with van der Waals surface area (Å²) in [7, 11) is 0. The van der Waals surface area contributed by atoms with E-state index in [1.54, 1.807) is 71.3 Å². The summed E-state index contributed by atoms with van der Waals surface area (Å²) in [5, 5.41) is 24.4. The van der Waals surface area contributed by atoms with Crippen molar-refractivity contribution in [1.82, 2.24) is 4.90 Å². The third kappa shape index (κ3) is 5.90. The van der Waals surface area contributed by atoms with Crippen molar-refractivity contribution in [2.75, 3.05) is 23.4 Å². The number of aliphatic hydroxyl groups is 2. The van der Waals surface area contributed by atoms with Gasteiger partial charge < -0.3 is 25.3 Å². The number of halogens is 1. The highest BCUT2D eigenvalue weighted by Gasteiger charge is 2.52. The van der Waals surface area contributed by atoms with Crippen molar-refractivity contribution < 1.29 is 24.6 Å². The maximum absolute atomic E-state index is 13.9. The minimum absolute atomic E-state index is 0.0517. The van der Waals surface area contributed by atoms with E-state index >= 15 is 0 Å². The number of carbonyl (C=O) groups is 3. The molecule has 2 aliphatic rings. The zero-order valence-electron chi connectivity index (χ0n) is 23.4. The van der Waals surface area contributed by atoms with Gasteiger partial charge in [-0.1, -0.05) is 65.3 Å². The summed E-state index contributed by atoms with van der Waals surface area (Å²) in [6, 6.07) is 21.5. The number of benzene rings is 3. The molecule has 0 unspecified atom stereocenters. The highest BCUT2D eigenvalue weighted by molar-refractivity contribution is 9.10. The number of carbonyl (C=O) groups excluding carboxylic acids is 3. The van der Waals surface area contributed by atoms with Crippen LogP contribution in [0.4, 0.5) is 11.4 Å². The van der Waals surface area contributed by atoms with Crippen LogP contribution in [0.5, 0.6) is 0 Å². The first-order valence-corrected chi connectivity index (χ1v) is 14.9. The standard InChI is InChI=1S/C33H34BrN3O5/c1-22(8-5-14-30(39)36-17-7-13-27(36)21-38)33(42)28-19-25(34)15-16-29(28)37(32(33)41)20-23-9-6-12-26(18-23)35-31(40)24-10-3-2-4-11-24/h2-6,8-12,15-16,18-19,22,27,38,42H,7,13-14,17,20-21H2,1H3,(H,35,40)/b8-5+/t22-,27+,33+/m1/s1. The number of nitrogens with zero attached hydrogens (tertiary/aromatic N) is 2. The Hall–Kier alpha value is -3.79. The summed E-state index contributed by atoms with van der Waals surface area (Å²) in [4.78, 5) is 42.6. The fraction of sp³-hybridized carbons (Fsp3) is 0.303. The van der Waals surface area contributed by atoms with Crippen LogP contribution in [0, 0.1) is 5.92 Å². The van der Waals surface area contributed by atoms with Crippen molar-refractivity contribution in [3.63, 3.8) is 0 Å². The topological polar surface area (TPSA) is 110 Å². The van der Waals surface area contributed by atoms with E-state index in [1.165, 1.54) is 0 Å². The summed E-state index contributed by atoms with van der Waals surface area (Å²) in [5.74, 6) is -1.40. The minimum Gasteiger partial charge on any atom is -0.394 e. The number of amides is 3. The van der Waals surface area contributed by atoms with Gasteiger partial charge in [0.05, 0.1) is 24.9 Å². The molecule has 218 valence electrons. The van der Waals surface area contributed by atoms with Gasteiger partial charge in [-0.3, -0.25) is 14.4 Å². The van der Waals surface area contributed by atoms with Gasteiger partial charge in [-0.25, -0.2) is 0 Å². The predicted octanol–water partition coefficient (Wildman–Crippen LogP) is 5.00. The lowest BCUT2D eigenvalue weighted by Crippen LogP contribution is -2.44. The van der Waals surface area contributed by atoms with E-state index in [9.17, 15) is 24.6 Å². The predicted molar refractivity (Wildman–Crippen MR) is 165 cm³/mol. The number of hydrogen-bond acceptors (Lipinski definition) is 5. The average Bonchev–Trinajstić information content (AvgIpc) is 3.56. The number of hydrogen-bond donors (Lipinski definition) is 3. The highest BCUT2D eigenvalue weighted by atomic mass is 79.9. The van der Waals surface area contributed by atoms with Crippen molar-refractivity contribution >= 4 is 45.0 Å². The van der Waals surface area contributed by atoms with E-state index in [-0.39, 0.29) is 37.4 Å². The molecule has 0 spiro atoms. The van der Waals surface area contributed by atoms with Crippen LogP contribution in [0.1, 0.15) is 47.7 Å². The molecule has 1 saturated heterocycles. The molecule has 3 aromatic carbocycles. The Morgan fingerprint density at radius 2 is 1.90 bits per heavy atom. The SMILES string of the molecule is C[C@H](/C=C/CC(=O)N1CCC[C@H]1CO)[C@@]1(O)C(=O)N(Cc2cccc(NC(=O)c3ccccc3)c2)c2ccc(Br)cc21. The summed E-state index contributed by atoms with van der Waals surface area (Å²) in [6.45, 7) is 2.53. The fourth-order valence-corrected chi connectivity index (χ4v) is 6.14. The van der Waals surface area contributed by atoms with Gasteiger partial charge in [0.1, 0.15) is 0 Å². The molecule has 9 heteroatoms. The van der Waals surface area contributed by atoms with E-state index in [0.29, 0.717) is 29.0 Å². The van der Waals surface area contributed by atoms with E-state index < -0.39 is 17.4 Å². The molecule has 42 heavy (non-hydrogen) atoms. The van der Waals surface area contributed by atoms with Gasteiger partial charge in [-0.15, -0.1) is 0 Å². The number of nitrogens with one attached hydrogen (secondary N) is 1. The molecule has 3 N–H and O–H groups in total. The van der Waals surface area contributed by atoms with Crippen molar-refractivity contribution in [3.05, 3.63) is 106 Å². The molecule has 2 aliphatic heterocycles. The lowest BCUT2D eigenvalue weighted by Gasteiger charge is -2.28. The first kappa shape index (κ1) is 29.7. The Morgan fingerprint density at radius 1 is 1.12 bits per heavy atom. The smallest absolute Gasteiger partial charge is 0.264 e. The Bertz CT molecular complexity index is 1510. The van der Waals surface area contributed by atoms with E-state index in [4.69, 9.17) is 0 Å². The molecular formula is C33H34BrN3O5. The molecule has 3 amide bonds. The molecule has 0 aliphatic carbocycles. The molecule has 0 aromatic heterocycles. The number of rotatable bonds is 9. The van der Waals surface area contributed by atoms with Crippen LogP contribution in [-0.2, 0) is 21.7 Å². The second kappa shape index (κ2) is 12.6. The van der Waals surface area contributed by atoms with Gasteiger partial charge in [0.15, 0.2) is 5.60 Å². The first-order chi connectivity index (χ1) is 20.2. The van der Waals surface area contributed by atoms with Gasteiger partial charge in [-0.2, -0.15) is 0 Å². The number of anilines is 2. The molecule has 1 fully saturated rings. The van der Waals surface area contributed by atoms with Crippen molar-refractivity contribution in [2.45, 2.75) is 44.4 Å². The number of likely N-dealkylation sites (tertiary alicyclic amines) is 1. The Labute approximate surface area is 253 Å². The molecule has 8 nitrogen and oxygen atoms in total. The third-order valence-corrected chi connectivity index (χ3v) is 8.57. The Kier molecular flexibility index (Phi) is 8.91. The van der Waals surface area contributed by atoms with E-state index in [2.05, 4.69) is 21.2 Å². The second-order valence-corrected chi connectivity index (χ2v) is 11.7. The molecular weight excluding hydrogens is 598 g/mol. The van der Waals surface area contributed by atoms with Crippen LogP contribution >= 0.6 is 15.9 Å². The van der Waals surface area contributed by atoms with E-state index in [1.807, 2.05) is 30.3 Å². The van der Waals surface area contributed by atoms with Crippen LogP contribution < -0.4 is 10.2 Å². The fourth-order valence-electron chi connectivity index (χ4n) is 5.78. The normalized spacial score (nSPS) is 20.7. The molecule has 3 atom stereocenters. The summed E-state index contributed by atoms with van der Waals surface area (Å²) < 4.78 is 0.732. The summed E-state index contributed by atoms with van der Waals surface area (Å²) >= 11 is 3.48. The molecule has 3 aromatic rings. The monoisotopic (exact) mass is 631 g/mol. The van der Waals surface area contributed by atoms with Crippen LogP contribution in [0.2, 0.25) is 0 Å². The van der Waals surface area contributed by atoms with Gasteiger partial charge in [0.2, 0.25) is 5.91 Å². The number of aliphatic hydroxyl groups excluding tert-OH is 1. The van der Waals surface area contributed by atoms with Crippen molar-refractivity contribution in [1.29, 1.82) is 0 Å². The van der Waals surface area contributed by atoms with Gasteiger partial charge >= 0.3 is 0 Å². The quantitative estimate of drug-likeness (QED) is 0.288. The summed E-state index contributed by atoms with van der Waals surface area (Å²) in [5.41, 5.74) is 1.17. The number of fused-ring (bicyclic) bond motifs is 1.